The van der Waals surface area contributed by atoms with Crippen LogP contribution in [0.5, 0.6) is 28.7 Å². The smallest absolute Gasteiger partial charge is 0.310 e. The molecule has 2 aromatic rings. The molecule has 33 heavy (non-hydrogen) atoms. The van der Waals surface area contributed by atoms with Gasteiger partial charge in [0.2, 0.25) is 12.5 Å². The van der Waals surface area contributed by atoms with E-state index in [-0.39, 0.29) is 25.3 Å². The summed E-state index contributed by atoms with van der Waals surface area (Å²) in [5, 5.41) is 0. The second-order valence-corrected chi connectivity index (χ2v) is 8.12. The number of carbonyl (C=O) groups excluding carboxylic acids is 2. The van der Waals surface area contributed by atoms with E-state index in [2.05, 4.69) is 0 Å². The number of benzene rings is 2. The highest BCUT2D eigenvalue weighted by molar-refractivity contribution is 5.79. The van der Waals surface area contributed by atoms with Crippen molar-refractivity contribution >= 4 is 11.9 Å². The van der Waals surface area contributed by atoms with Crippen LogP contribution in [0.3, 0.4) is 0 Å². The van der Waals surface area contributed by atoms with Crippen LogP contribution in [0.1, 0.15) is 35.6 Å². The Hall–Kier alpha value is -3.62. The molecule has 5 rings (SSSR count). The van der Waals surface area contributed by atoms with Gasteiger partial charge >= 0.3 is 11.9 Å². The lowest BCUT2D eigenvalue weighted by Gasteiger charge is -2.38. The summed E-state index contributed by atoms with van der Waals surface area (Å²) >= 11 is 0. The maximum atomic E-state index is 13.0. The Balaban J connectivity index is 1.75. The molecule has 0 bridgehead atoms. The van der Waals surface area contributed by atoms with Gasteiger partial charge in [0.15, 0.2) is 23.0 Å². The molecule has 2 heterocycles. The summed E-state index contributed by atoms with van der Waals surface area (Å²) in [6, 6.07) is 7.34. The number of ether oxygens (including phenoxy) is 7. The van der Waals surface area contributed by atoms with Crippen LogP contribution in [-0.2, 0) is 19.1 Å². The molecule has 174 valence electrons. The van der Waals surface area contributed by atoms with Gasteiger partial charge in [0.05, 0.1) is 33.9 Å². The molecule has 4 atom stereocenters. The second-order valence-electron chi connectivity index (χ2n) is 8.12. The Morgan fingerprint density at radius 1 is 0.909 bits per heavy atom. The first-order chi connectivity index (χ1) is 16.0. The fourth-order valence-corrected chi connectivity index (χ4v) is 5.12. The largest absolute Gasteiger partial charge is 0.493 e. The molecule has 9 heteroatoms. The molecule has 0 aromatic heterocycles. The van der Waals surface area contributed by atoms with E-state index in [9.17, 15) is 9.59 Å². The zero-order chi connectivity index (χ0) is 23.3. The Bertz CT molecular complexity index is 1100. The molecule has 0 radical (unpaired) electrons. The lowest BCUT2D eigenvalue weighted by atomic mass is 9.66. The SMILES string of the molecule is COc1cc([C@H]2c3cc4c(cc3[C@@H](OC(C)=O)[C@H]3COC(=O)[C@H]23)OCO4)cc(OC)c1OC. The number of rotatable bonds is 5. The topological polar surface area (TPSA) is 98.8 Å². The van der Waals surface area contributed by atoms with Crippen molar-refractivity contribution in [2.75, 3.05) is 34.7 Å². The molecule has 9 nitrogen and oxygen atoms in total. The molecular weight excluding hydrogens is 432 g/mol. The summed E-state index contributed by atoms with van der Waals surface area (Å²) in [4.78, 5) is 25.0. The van der Waals surface area contributed by atoms with Crippen LogP contribution in [0.25, 0.3) is 0 Å². The monoisotopic (exact) mass is 456 g/mol. The first kappa shape index (κ1) is 21.2. The van der Waals surface area contributed by atoms with Gasteiger partial charge in [-0.25, -0.2) is 0 Å². The van der Waals surface area contributed by atoms with E-state index >= 15 is 0 Å². The van der Waals surface area contributed by atoms with Gasteiger partial charge in [0, 0.05) is 24.3 Å². The van der Waals surface area contributed by atoms with Crippen molar-refractivity contribution in [3.8, 4) is 28.7 Å². The maximum absolute atomic E-state index is 13.0. The van der Waals surface area contributed by atoms with Gasteiger partial charge in [-0.3, -0.25) is 9.59 Å². The lowest BCUT2D eigenvalue weighted by molar-refractivity contribution is -0.152. The number of cyclic esters (lactones) is 1. The average molecular weight is 456 g/mol. The van der Waals surface area contributed by atoms with Crippen LogP contribution >= 0.6 is 0 Å². The van der Waals surface area contributed by atoms with Crippen LogP contribution < -0.4 is 23.7 Å². The Morgan fingerprint density at radius 2 is 1.55 bits per heavy atom. The summed E-state index contributed by atoms with van der Waals surface area (Å²) in [6.07, 6.45) is -0.651. The highest BCUT2D eigenvalue weighted by atomic mass is 16.7. The molecule has 0 amide bonds. The van der Waals surface area contributed by atoms with E-state index in [0.717, 1.165) is 16.7 Å². The van der Waals surface area contributed by atoms with Crippen LogP contribution in [0, 0.1) is 11.8 Å². The van der Waals surface area contributed by atoms with Gasteiger partial charge in [0.1, 0.15) is 6.10 Å². The minimum atomic E-state index is -0.651. The van der Waals surface area contributed by atoms with Gasteiger partial charge in [-0.05, 0) is 35.4 Å². The molecule has 0 unspecified atom stereocenters. The summed E-state index contributed by atoms with van der Waals surface area (Å²) < 4.78 is 38.9. The van der Waals surface area contributed by atoms with Gasteiger partial charge in [-0.1, -0.05) is 0 Å². The fourth-order valence-electron chi connectivity index (χ4n) is 5.12. The normalized spacial score (nSPS) is 24.4. The van der Waals surface area contributed by atoms with Crippen LogP contribution in [0.15, 0.2) is 24.3 Å². The number of carbonyl (C=O) groups is 2. The minimum Gasteiger partial charge on any atom is -0.493 e. The molecule has 1 fully saturated rings. The predicted molar refractivity (Wildman–Crippen MR) is 113 cm³/mol. The summed E-state index contributed by atoms with van der Waals surface area (Å²) in [6.45, 7) is 1.60. The van der Waals surface area contributed by atoms with E-state index in [1.807, 2.05) is 24.3 Å². The summed E-state index contributed by atoms with van der Waals surface area (Å²) in [7, 11) is 4.61. The molecule has 3 aliphatic rings. The quantitative estimate of drug-likeness (QED) is 0.629. The van der Waals surface area contributed by atoms with E-state index in [1.54, 1.807) is 0 Å². The van der Waals surface area contributed by atoms with Crippen molar-refractivity contribution in [2.45, 2.75) is 18.9 Å². The molecule has 0 saturated carbocycles. The van der Waals surface area contributed by atoms with E-state index in [4.69, 9.17) is 33.2 Å². The third-order valence-corrected chi connectivity index (χ3v) is 6.46. The number of hydrogen-bond acceptors (Lipinski definition) is 9. The molecular formula is C24H24O9. The van der Waals surface area contributed by atoms with E-state index in [1.165, 1.54) is 28.3 Å². The first-order valence-corrected chi connectivity index (χ1v) is 10.5. The molecule has 0 N–H and O–H groups in total. The third-order valence-electron chi connectivity index (χ3n) is 6.46. The average Bonchev–Trinajstić information content (AvgIpc) is 3.43. The Kier molecular flexibility index (Phi) is 5.19. The minimum absolute atomic E-state index is 0.0974. The van der Waals surface area contributed by atoms with Gasteiger partial charge in [-0.2, -0.15) is 0 Å². The van der Waals surface area contributed by atoms with Crippen molar-refractivity contribution in [1.82, 2.24) is 0 Å². The van der Waals surface area contributed by atoms with Crippen molar-refractivity contribution in [3.05, 3.63) is 41.0 Å². The predicted octanol–water partition coefficient (Wildman–Crippen LogP) is 2.98. The highest BCUT2D eigenvalue weighted by Crippen LogP contribution is 2.56. The number of methoxy groups -OCH3 is 3. The summed E-state index contributed by atoms with van der Waals surface area (Å²) in [5.74, 6) is 0.383. The molecule has 0 spiro atoms. The Morgan fingerprint density at radius 3 is 2.12 bits per heavy atom. The molecule has 2 aromatic carbocycles. The zero-order valence-corrected chi connectivity index (χ0v) is 18.7. The van der Waals surface area contributed by atoms with Crippen molar-refractivity contribution in [1.29, 1.82) is 0 Å². The van der Waals surface area contributed by atoms with Crippen molar-refractivity contribution in [3.63, 3.8) is 0 Å². The second kappa shape index (κ2) is 8.06. The summed E-state index contributed by atoms with van der Waals surface area (Å²) in [5.41, 5.74) is 2.33. The third kappa shape index (κ3) is 3.30. The van der Waals surface area contributed by atoms with Gasteiger partial charge < -0.3 is 33.2 Å². The lowest BCUT2D eigenvalue weighted by Crippen LogP contribution is -2.36. The van der Waals surface area contributed by atoms with E-state index in [0.29, 0.717) is 28.7 Å². The van der Waals surface area contributed by atoms with Crippen LogP contribution in [0.2, 0.25) is 0 Å². The Labute approximate surface area is 190 Å². The van der Waals surface area contributed by atoms with E-state index < -0.39 is 23.9 Å². The van der Waals surface area contributed by atoms with Crippen molar-refractivity contribution in [2.24, 2.45) is 11.8 Å². The number of hydrogen-bond donors (Lipinski definition) is 0. The zero-order valence-electron chi connectivity index (χ0n) is 18.7. The number of fused-ring (bicyclic) bond motifs is 3. The molecule has 1 saturated heterocycles. The van der Waals surface area contributed by atoms with Crippen LogP contribution in [0.4, 0.5) is 0 Å². The fraction of sp³-hybridized carbons (Fsp3) is 0.417. The molecule has 2 aliphatic heterocycles. The highest BCUT2D eigenvalue weighted by Gasteiger charge is 2.54. The maximum Gasteiger partial charge on any atom is 0.310 e. The van der Waals surface area contributed by atoms with Gasteiger partial charge in [-0.15, -0.1) is 0 Å². The van der Waals surface area contributed by atoms with Crippen molar-refractivity contribution < 1.29 is 42.7 Å². The molecule has 1 aliphatic carbocycles. The number of esters is 2. The van der Waals surface area contributed by atoms with Crippen LogP contribution in [-0.4, -0.2) is 46.7 Å². The first-order valence-electron chi connectivity index (χ1n) is 10.5. The van der Waals surface area contributed by atoms with Gasteiger partial charge in [0.25, 0.3) is 0 Å². The standard InChI is InChI=1S/C24H24O9/c1-11(25)33-22-14-8-17-16(31-10-32-17)7-13(14)20(21-15(22)9-30-24(21)26)12-5-18(27-2)23(29-4)19(6-12)28-3/h5-8,15,20-22H,9-10H2,1-4H3/t15-,20-,21-,22+/m0/s1.